The molecule has 1 N–H and O–H groups in total. The monoisotopic (exact) mass is 379 g/mol. The van der Waals surface area contributed by atoms with E-state index in [0.29, 0.717) is 11.3 Å². The maximum Gasteiger partial charge on any atom is 0.279 e. The standard InChI is InChI=1S/C21H21N3O2S/c1-25-16-8-9-24(13-16)12-14-11-22-19-10-15(6-7-17(14)19)26-21-23-18-4-2-3-5-20(18)27-21/h2-7,10-11,16,22H,8-9,12-13H2,1H3. The van der Waals surface area contributed by atoms with Crippen molar-refractivity contribution in [1.29, 1.82) is 0 Å². The van der Waals surface area contributed by atoms with E-state index in [1.165, 1.54) is 10.9 Å². The van der Waals surface area contributed by atoms with Gasteiger partial charge in [-0.25, -0.2) is 4.98 Å². The van der Waals surface area contributed by atoms with E-state index in [2.05, 4.69) is 33.2 Å². The van der Waals surface area contributed by atoms with Gasteiger partial charge in [0.05, 0.1) is 16.3 Å². The smallest absolute Gasteiger partial charge is 0.279 e. The van der Waals surface area contributed by atoms with Gasteiger partial charge in [0.25, 0.3) is 5.19 Å². The first-order chi connectivity index (χ1) is 13.3. The van der Waals surface area contributed by atoms with E-state index in [0.717, 1.165) is 47.5 Å². The Bertz CT molecular complexity index is 1050. The summed E-state index contributed by atoms with van der Waals surface area (Å²) in [7, 11) is 1.80. The van der Waals surface area contributed by atoms with E-state index in [4.69, 9.17) is 9.47 Å². The Morgan fingerprint density at radius 3 is 3.04 bits per heavy atom. The largest absolute Gasteiger partial charge is 0.431 e. The van der Waals surface area contributed by atoms with Crippen LogP contribution in [0.15, 0.2) is 48.7 Å². The highest BCUT2D eigenvalue weighted by atomic mass is 32.1. The normalized spacial score (nSPS) is 17.9. The summed E-state index contributed by atoms with van der Waals surface area (Å²) in [5.41, 5.74) is 3.38. The Labute approximate surface area is 161 Å². The van der Waals surface area contributed by atoms with Gasteiger partial charge in [0.15, 0.2) is 0 Å². The molecule has 2 aromatic heterocycles. The fourth-order valence-corrected chi connectivity index (χ4v) is 4.56. The van der Waals surface area contributed by atoms with Gasteiger partial charge >= 0.3 is 0 Å². The molecule has 1 fully saturated rings. The molecule has 1 unspecified atom stereocenters. The first-order valence-electron chi connectivity index (χ1n) is 9.17. The number of fused-ring (bicyclic) bond motifs is 2. The summed E-state index contributed by atoms with van der Waals surface area (Å²) in [6.07, 6.45) is 3.58. The van der Waals surface area contributed by atoms with Gasteiger partial charge in [0, 0.05) is 49.9 Å². The van der Waals surface area contributed by atoms with Gasteiger partial charge in [-0.2, -0.15) is 0 Å². The molecule has 1 saturated heterocycles. The van der Waals surface area contributed by atoms with Crippen molar-refractivity contribution in [2.24, 2.45) is 0 Å². The molecule has 5 rings (SSSR count). The number of H-pyrrole nitrogens is 1. The van der Waals surface area contributed by atoms with Crippen LogP contribution in [0, 0.1) is 0 Å². The molecule has 0 aliphatic carbocycles. The Kier molecular flexibility index (Phi) is 4.32. The number of aromatic amines is 1. The number of para-hydroxylation sites is 1. The van der Waals surface area contributed by atoms with Gasteiger partial charge in [-0.05, 0) is 36.2 Å². The van der Waals surface area contributed by atoms with E-state index < -0.39 is 0 Å². The number of methoxy groups -OCH3 is 1. The molecule has 3 heterocycles. The van der Waals surface area contributed by atoms with Crippen LogP contribution in [-0.2, 0) is 11.3 Å². The average Bonchev–Trinajstić information content (AvgIpc) is 3.40. The third-order valence-electron chi connectivity index (χ3n) is 5.17. The van der Waals surface area contributed by atoms with E-state index in [1.54, 1.807) is 18.4 Å². The molecular weight excluding hydrogens is 358 g/mol. The average molecular weight is 379 g/mol. The number of ether oxygens (including phenoxy) is 2. The third kappa shape index (κ3) is 3.32. The highest BCUT2D eigenvalue weighted by Crippen LogP contribution is 2.33. The van der Waals surface area contributed by atoms with Gasteiger partial charge in [0.1, 0.15) is 5.75 Å². The Balaban J connectivity index is 1.35. The molecule has 27 heavy (non-hydrogen) atoms. The van der Waals surface area contributed by atoms with Crippen molar-refractivity contribution in [2.75, 3.05) is 20.2 Å². The molecule has 1 aliphatic rings. The van der Waals surface area contributed by atoms with Crippen LogP contribution in [0.3, 0.4) is 0 Å². The molecule has 1 atom stereocenters. The molecule has 0 amide bonds. The highest BCUT2D eigenvalue weighted by molar-refractivity contribution is 7.20. The first-order valence-corrected chi connectivity index (χ1v) is 9.99. The van der Waals surface area contributed by atoms with Crippen molar-refractivity contribution in [3.8, 4) is 10.9 Å². The second-order valence-corrected chi connectivity index (χ2v) is 7.95. The second kappa shape index (κ2) is 6.96. The lowest BCUT2D eigenvalue weighted by Crippen LogP contribution is -2.22. The van der Waals surface area contributed by atoms with Crippen LogP contribution in [0.5, 0.6) is 10.9 Å². The quantitative estimate of drug-likeness (QED) is 0.542. The topological polar surface area (TPSA) is 50.4 Å². The van der Waals surface area contributed by atoms with Crippen LogP contribution < -0.4 is 4.74 Å². The van der Waals surface area contributed by atoms with Crippen LogP contribution in [0.2, 0.25) is 0 Å². The number of thiazole rings is 1. The molecule has 4 aromatic rings. The molecule has 1 aliphatic heterocycles. The molecule has 0 radical (unpaired) electrons. The SMILES string of the molecule is COC1CCN(Cc2c[nH]c3cc(Oc4nc5ccccc5s4)ccc23)C1. The molecule has 0 bridgehead atoms. The maximum atomic E-state index is 6.00. The van der Waals surface area contributed by atoms with Crippen molar-refractivity contribution < 1.29 is 9.47 Å². The minimum atomic E-state index is 0.365. The van der Waals surface area contributed by atoms with Crippen molar-refractivity contribution >= 4 is 32.5 Å². The Morgan fingerprint density at radius 2 is 2.19 bits per heavy atom. The number of hydrogen-bond donors (Lipinski definition) is 1. The summed E-state index contributed by atoms with van der Waals surface area (Å²) in [6.45, 7) is 3.03. The number of benzene rings is 2. The summed E-state index contributed by atoms with van der Waals surface area (Å²) in [6, 6.07) is 14.3. The van der Waals surface area contributed by atoms with Gasteiger partial charge in [-0.1, -0.05) is 23.5 Å². The number of likely N-dealkylation sites (tertiary alicyclic amines) is 1. The van der Waals surface area contributed by atoms with Crippen LogP contribution in [0.4, 0.5) is 0 Å². The highest BCUT2D eigenvalue weighted by Gasteiger charge is 2.22. The lowest BCUT2D eigenvalue weighted by molar-refractivity contribution is 0.107. The summed E-state index contributed by atoms with van der Waals surface area (Å²) in [5.74, 6) is 0.801. The van der Waals surface area contributed by atoms with Crippen LogP contribution in [0.1, 0.15) is 12.0 Å². The number of aromatic nitrogens is 2. The van der Waals surface area contributed by atoms with Crippen molar-refractivity contribution in [3.63, 3.8) is 0 Å². The molecule has 5 nitrogen and oxygen atoms in total. The molecule has 0 spiro atoms. The Morgan fingerprint density at radius 1 is 1.26 bits per heavy atom. The van der Waals surface area contributed by atoms with Crippen LogP contribution in [-0.4, -0.2) is 41.2 Å². The molecule has 138 valence electrons. The fraction of sp³-hybridized carbons (Fsp3) is 0.286. The van der Waals surface area contributed by atoms with Gasteiger partial charge in [0.2, 0.25) is 0 Å². The predicted octanol–water partition coefficient (Wildman–Crippen LogP) is 4.79. The van der Waals surface area contributed by atoms with Gasteiger partial charge < -0.3 is 14.5 Å². The molecular formula is C21H21N3O2S. The van der Waals surface area contributed by atoms with Crippen LogP contribution in [0.25, 0.3) is 21.1 Å². The second-order valence-electron chi connectivity index (χ2n) is 6.95. The summed E-state index contributed by atoms with van der Waals surface area (Å²) >= 11 is 1.56. The van der Waals surface area contributed by atoms with Crippen molar-refractivity contribution in [2.45, 2.75) is 19.1 Å². The fourth-order valence-electron chi connectivity index (χ4n) is 3.73. The zero-order valence-corrected chi connectivity index (χ0v) is 16.0. The lowest BCUT2D eigenvalue weighted by Gasteiger charge is -2.14. The zero-order chi connectivity index (χ0) is 18.2. The minimum absolute atomic E-state index is 0.365. The number of rotatable bonds is 5. The van der Waals surface area contributed by atoms with E-state index in [1.807, 2.05) is 30.3 Å². The van der Waals surface area contributed by atoms with Gasteiger partial charge in [-0.15, -0.1) is 0 Å². The van der Waals surface area contributed by atoms with E-state index in [9.17, 15) is 0 Å². The Hall–Kier alpha value is -2.41. The number of nitrogens with zero attached hydrogens (tertiary/aromatic N) is 2. The number of nitrogens with one attached hydrogen (secondary N) is 1. The van der Waals surface area contributed by atoms with Crippen molar-refractivity contribution in [3.05, 3.63) is 54.2 Å². The summed E-state index contributed by atoms with van der Waals surface area (Å²) in [5, 5.41) is 1.91. The third-order valence-corrected chi connectivity index (χ3v) is 6.09. The number of hydrogen-bond acceptors (Lipinski definition) is 5. The first kappa shape index (κ1) is 16.7. The molecule has 2 aromatic carbocycles. The summed E-state index contributed by atoms with van der Waals surface area (Å²) in [4.78, 5) is 10.4. The van der Waals surface area contributed by atoms with E-state index >= 15 is 0 Å². The molecule has 0 saturated carbocycles. The zero-order valence-electron chi connectivity index (χ0n) is 15.1. The minimum Gasteiger partial charge on any atom is -0.431 e. The maximum absolute atomic E-state index is 6.00. The van der Waals surface area contributed by atoms with E-state index in [-0.39, 0.29) is 0 Å². The van der Waals surface area contributed by atoms with Crippen LogP contribution >= 0.6 is 11.3 Å². The van der Waals surface area contributed by atoms with Gasteiger partial charge in [-0.3, -0.25) is 4.90 Å². The lowest BCUT2D eigenvalue weighted by atomic mass is 10.1. The predicted molar refractivity (Wildman–Crippen MR) is 109 cm³/mol. The molecule has 6 heteroatoms. The summed E-state index contributed by atoms with van der Waals surface area (Å²) < 4.78 is 12.6. The van der Waals surface area contributed by atoms with Crippen molar-refractivity contribution in [1.82, 2.24) is 14.9 Å².